The molecule has 0 bridgehead atoms. The molecule has 1 aliphatic heterocycles. The Morgan fingerprint density at radius 3 is 2.89 bits per heavy atom. The minimum absolute atomic E-state index is 0.0201. The second-order valence-electron chi connectivity index (χ2n) is 4.50. The number of ether oxygens (including phenoxy) is 2. The zero-order chi connectivity index (χ0) is 13.7. The van der Waals surface area contributed by atoms with Crippen molar-refractivity contribution in [3.05, 3.63) is 29.8 Å². The second kappa shape index (κ2) is 6.38. The largest absolute Gasteiger partial charge is 0.495 e. The van der Waals surface area contributed by atoms with Gasteiger partial charge >= 0.3 is 0 Å². The molecular weight excluding hydrogens is 240 g/mol. The maximum Gasteiger partial charge on any atom is 0.136 e. The summed E-state index contributed by atoms with van der Waals surface area (Å²) in [4.78, 5) is 0. The van der Waals surface area contributed by atoms with E-state index in [-0.39, 0.29) is 6.23 Å². The van der Waals surface area contributed by atoms with E-state index in [0.29, 0.717) is 5.75 Å². The van der Waals surface area contributed by atoms with Gasteiger partial charge in [0.25, 0.3) is 0 Å². The molecule has 1 aliphatic rings. The molecule has 0 saturated carbocycles. The summed E-state index contributed by atoms with van der Waals surface area (Å²) in [6.07, 6.45) is 6.33. The van der Waals surface area contributed by atoms with E-state index in [1.165, 1.54) is 12.6 Å². The van der Waals surface area contributed by atoms with Gasteiger partial charge in [-0.25, -0.2) is 0 Å². The van der Waals surface area contributed by atoms with Crippen molar-refractivity contribution in [3.8, 4) is 5.75 Å². The number of hydrogen-bond donors (Lipinski definition) is 2. The molecule has 2 N–H and O–H groups in total. The molecule has 0 spiro atoms. The Labute approximate surface area is 113 Å². The van der Waals surface area contributed by atoms with Crippen LogP contribution in [0.2, 0.25) is 0 Å². The molecule has 1 aromatic rings. The highest BCUT2D eigenvalue weighted by atomic mass is 16.5. The fourth-order valence-corrected chi connectivity index (χ4v) is 2.30. The van der Waals surface area contributed by atoms with Crippen LogP contribution in [0, 0.1) is 5.41 Å². The number of methoxy groups -OCH3 is 1. The molecular formula is C15H20N2O2. The van der Waals surface area contributed by atoms with Crippen LogP contribution in [0.15, 0.2) is 18.7 Å². The van der Waals surface area contributed by atoms with Crippen LogP contribution in [0.5, 0.6) is 5.75 Å². The van der Waals surface area contributed by atoms with Crippen LogP contribution in [0.3, 0.4) is 0 Å². The monoisotopic (exact) mass is 260 g/mol. The maximum atomic E-state index is 7.60. The van der Waals surface area contributed by atoms with Gasteiger partial charge in [0.1, 0.15) is 12.0 Å². The van der Waals surface area contributed by atoms with Crippen LogP contribution < -0.4 is 10.1 Å². The summed E-state index contributed by atoms with van der Waals surface area (Å²) in [7, 11) is 1.61. The summed E-state index contributed by atoms with van der Waals surface area (Å²) in [6.45, 7) is 4.55. The summed E-state index contributed by atoms with van der Waals surface area (Å²) in [6, 6.07) is 3.88. The molecule has 0 aliphatic carbocycles. The molecule has 1 aromatic carbocycles. The summed E-state index contributed by atoms with van der Waals surface area (Å²) in [5, 5.41) is 10.9. The molecule has 1 fully saturated rings. The number of rotatable bonds is 5. The van der Waals surface area contributed by atoms with Crippen LogP contribution >= 0.6 is 0 Å². The fraction of sp³-hybridized carbons (Fsp3) is 0.400. The lowest BCUT2D eigenvalue weighted by Crippen LogP contribution is -2.27. The van der Waals surface area contributed by atoms with Gasteiger partial charge in [0.2, 0.25) is 0 Å². The van der Waals surface area contributed by atoms with E-state index in [0.717, 1.165) is 36.3 Å². The van der Waals surface area contributed by atoms with Gasteiger partial charge in [0.05, 0.1) is 12.7 Å². The molecule has 1 heterocycles. The van der Waals surface area contributed by atoms with Gasteiger partial charge in [-0.2, -0.15) is 0 Å². The first-order valence-electron chi connectivity index (χ1n) is 6.52. The Kier molecular flexibility index (Phi) is 4.58. The SMILES string of the molecule is C=Cc1ccc(NC2CCCCO2)c(C=N)c1OC. The van der Waals surface area contributed by atoms with E-state index in [2.05, 4.69) is 11.9 Å². The quantitative estimate of drug-likeness (QED) is 0.799. The Balaban J connectivity index is 2.28. The summed E-state index contributed by atoms with van der Waals surface area (Å²) >= 11 is 0. The predicted molar refractivity (Wildman–Crippen MR) is 78.2 cm³/mol. The molecule has 1 unspecified atom stereocenters. The average molecular weight is 260 g/mol. The van der Waals surface area contributed by atoms with Gasteiger partial charge in [-0.15, -0.1) is 0 Å². The van der Waals surface area contributed by atoms with Crippen molar-refractivity contribution >= 4 is 18.0 Å². The molecule has 4 nitrogen and oxygen atoms in total. The van der Waals surface area contributed by atoms with Gasteiger partial charge in [-0.05, 0) is 31.4 Å². The minimum atomic E-state index is 0.0201. The van der Waals surface area contributed by atoms with Crippen LogP contribution in [-0.4, -0.2) is 26.2 Å². The first-order valence-corrected chi connectivity index (χ1v) is 6.52. The standard InChI is InChI=1S/C15H20N2O2/c1-3-11-7-8-13(12(10-16)15(11)18-2)17-14-6-4-5-9-19-14/h3,7-8,10,14,16-17H,1,4-6,9H2,2H3. The highest BCUT2D eigenvalue weighted by Crippen LogP contribution is 2.31. The Morgan fingerprint density at radius 2 is 2.32 bits per heavy atom. The van der Waals surface area contributed by atoms with Crippen molar-refractivity contribution in [2.75, 3.05) is 19.0 Å². The van der Waals surface area contributed by atoms with Gasteiger partial charge in [0, 0.05) is 24.1 Å². The third kappa shape index (κ3) is 2.96. The van der Waals surface area contributed by atoms with E-state index in [1.807, 2.05) is 12.1 Å². The second-order valence-corrected chi connectivity index (χ2v) is 4.50. The number of anilines is 1. The van der Waals surface area contributed by atoms with Crippen molar-refractivity contribution in [3.63, 3.8) is 0 Å². The van der Waals surface area contributed by atoms with E-state index >= 15 is 0 Å². The highest BCUT2D eigenvalue weighted by Gasteiger charge is 2.17. The highest BCUT2D eigenvalue weighted by molar-refractivity contribution is 5.91. The predicted octanol–water partition coefficient (Wildman–Crippen LogP) is 3.27. The lowest BCUT2D eigenvalue weighted by Gasteiger charge is -2.25. The van der Waals surface area contributed by atoms with Gasteiger partial charge in [0.15, 0.2) is 0 Å². The average Bonchev–Trinajstić information content (AvgIpc) is 2.47. The third-order valence-corrected chi connectivity index (χ3v) is 3.29. The smallest absolute Gasteiger partial charge is 0.136 e. The van der Waals surface area contributed by atoms with Crippen molar-refractivity contribution in [2.45, 2.75) is 25.5 Å². The number of nitrogens with one attached hydrogen (secondary N) is 2. The molecule has 0 radical (unpaired) electrons. The van der Waals surface area contributed by atoms with Crippen LogP contribution in [-0.2, 0) is 4.74 Å². The van der Waals surface area contributed by atoms with Gasteiger partial charge < -0.3 is 20.2 Å². The number of hydrogen-bond acceptors (Lipinski definition) is 4. The molecule has 0 amide bonds. The topological polar surface area (TPSA) is 54.3 Å². The lowest BCUT2D eigenvalue weighted by atomic mass is 10.1. The first-order chi connectivity index (χ1) is 9.30. The van der Waals surface area contributed by atoms with Crippen LogP contribution in [0.25, 0.3) is 6.08 Å². The summed E-state index contributed by atoms with van der Waals surface area (Å²) < 4.78 is 11.0. The third-order valence-electron chi connectivity index (χ3n) is 3.29. The molecule has 2 rings (SSSR count). The van der Waals surface area contributed by atoms with Gasteiger partial charge in [-0.3, -0.25) is 0 Å². The molecule has 4 heteroatoms. The van der Waals surface area contributed by atoms with Crippen molar-refractivity contribution in [1.29, 1.82) is 5.41 Å². The zero-order valence-electron chi connectivity index (χ0n) is 11.2. The normalized spacial score (nSPS) is 18.7. The van der Waals surface area contributed by atoms with E-state index in [1.54, 1.807) is 13.2 Å². The van der Waals surface area contributed by atoms with Crippen molar-refractivity contribution in [1.82, 2.24) is 0 Å². The van der Waals surface area contributed by atoms with Crippen molar-refractivity contribution < 1.29 is 9.47 Å². The Morgan fingerprint density at radius 1 is 1.47 bits per heavy atom. The number of benzene rings is 1. The molecule has 1 atom stereocenters. The Hall–Kier alpha value is -1.81. The van der Waals surface area contributed by atoms with Crippen molar-refractivity contribution in [2.24, 2.45) is 0 Å². The molecule has 0 aromatic heterocycles. The molecule has 1 saturated heterocycles. The van der Waals surface area contributed by atoms with E-state index in [9.17, 15) is 0 Å². The Bertz CT molecular complexity index is 465. The summed E-state index contributed by atoms with van der Waals surface area (Å²) in [5.74, 6) is 0.672. The minimum Gasteiger partial charge on any atom is -0.495 e. The molecule has 19 heavy (non-hydrogen) atoms. The fourth-order valence-electron chi connectivity index (χ4n) is 2.30. The zero-order valence-corrected chi connectivity index (χ0v) is 11.2. The maximum absolute atomic E-state index is 7.60. The first kappa shape index (κ1) is 13.6. The van der Waals surface area contributed by atoms with Crippen LogP contribution in [0.4, 0.5) is 5.69 Å². The lowest BCUT2D eigenvalue weighted by molar-refractivity contribution is 0.0343. The van der Waals surface area contributed by atoms with Gasteiger partial charge in [-0.1, -0.05) is 12.7 Å². The van der Waals surface area contributed by atoms with E-state index < -0.39 is 0 Å². The van der Waals surface area contributed by atoms with Crippen LogP contribution in [0.1, 0.15) is 30.4 Å². The summed E-state index contributed by atoms with van der Waals surface area (Å²) in [5.41, 5.74) is 2.48. The van der Waals surface area contributed by atoms with E-state index in [4.69, 9.17) is 14.9 Å². The molecule has 102 valence electrons.